The molecule has 0 bridgehead atoms. The van der Waals surface area contributed by atoms with E-state index >= 15 is 0 Å². The summed E-state index contributed by atoms with van der Waals surface area (Å²) in [6.07, 6.45) is 3.68. The van der Waals surface area contributed by atoms with Crippen LogP contribution < -0.4 is 5.32 Å². The second kappa shape index (κ2) is 8.83. The minimum absolute atomic E-state index is 0.0222. The van der Waals surface area contributed by atoms with Crippen LogP contribution in [0.4, 0.5) is 0 Å². The van der Waals surface area contributed by atoms with Crippen LogP contribution in [0, 0.1) is 5.92 Å². The van der Waals surface area contributed by atoms with Gasteiger partial charge in [0, 0.05) is 31.8 Å². The van der Waals surface area contributed by atoms with Crippen molar-refractivity contribution in [3.8, 4) is 11.5 Å². The Labute approximate surface area is 175 Å². The van der Waals surface area contributed by atoms with Crippen molar-refractivity contribution in [3.63, 3.8) is 0 Å². The summed E-state index contributed by atoms with van der Waals surface area (Å²) in [4.78, 5) is 12.4. The van der Waals surface area contributed by atoms with Crippen LogP contribution in [0.15, 0.2) is 33.6 Å². The lowest BCUT2D eigenvalue weighted by Crippen LogP contribution is -2.37. The summed E-state index contributed by atoms with van der Waals surface area (Å²) in [5, 5.41) is 10.4. The van der Waals surface area contributed by atoms with Crippen molar-refractivity contribution in [3.05, 3.63) is 30.2 Å². The lowest BCUT2D eigenvalue weighted by Gasteiger charge is -2.29. The Bertz CT molecular complexity index is 975. The van der Waals surface area contributed by atoms with Gasteiger partial charge in [0.2, 0.25) is 15.9 Å². The summed E-state index contributed by atoms with van der Waals surface area (Å²) in [7, 11) is -3.52. The number of ether oxygens (including phenoxy) is 1. The first kappa shape index (κ1) is 21.0. The van der Waals surface area contributed by atoms with Crippen molar-refractivity contribution < 1.29 is 22.4 Å². The Morgan fingerprint density at radius 1 is 1.17 bits per heavy atom. The van der Waals surface area contributed by atoms with Crippen molar-refractivity contribution in [1.82, 2.24) is 19.8 Å². The molecule has 1 atom stereocenters. The van der Waals surface area contributed by atoms with Gasteiger partial charge in [0.25, 0.3) is 0 Å². The zero-order chi connectivity index (χ0) is 21.1. The fourth-order valence-electron chi connectivity index (χ4n) is 3.66. The Kier molecular flexibility index (Phi) is 6.16. The molecule has 2 aliphatic rings. The number of nitrogens with zero attached hydrogens (tertiary/aromatic N) is 3. The van der Waals surface area contributed by atoms with Crippen molar-refractivity contribution in [2.75, 3.05) is 26.2 Å². The van der Waals surface area contributed by atoms with E-state index in [0.717, 1.165) is 25.7 Å². The van der Waals surface area contributed by atoms with Crippen LogP contribution in [0.2, 0.25) is 0 Å². The van der Waals surface area contributed by atoms with Gasteiger partial charge in [0.05, 0.1) is 11.0 Å². The van der Waals surface area contributed by atoms with Crippen LogP contribution in [0.1, 0.15) is 43.3 Å². The van der Waals surface area contributed by atoms with E-state index in [1.165, 1.54) is 16.4 Å². The summed E-state index contributed by atoms with van der Waals surface area (Å²) >= 11 is 0. The zero-order valence-electron chi connectivity index (χ0n) is 16.9. The predicted octanol–water partition coefficient (Wildman–Crippen LogP) is 2.07. The molecule has 30 heavy (non-hydrogen) atoms. The van der Waals surface area contributed by atoms with Crippen LogP contribution in [0.3, 0.4) is 0 Å². The highest BCUT2D eigenvalue weighted by Gasteiger charge is 2.28. The Hall–Kier alpha value is -2.30. The first-order valence-corrected chi connectivity index (χ1v) is 11.7. The molecule has 0 spiro atoms. The second-order valence-electron chi connectivity index (χ2n) is 7.87. The average molecular weight is 435 g/mol. The lowest BCUT2D eigenvalue weighted by atomic mass is 10.0. The number of rotatable bonds is 6. The fraction of sp³-hybridized carbons (Fsp3) is 0.550. The Morgan fingerprint density at radius 3 is 2.57 bits per heavy atom. The number of sulfonamides is 1. The molecule has 0 unspecified atom stereocenters. The molecule has 1 amide bonds. The van der Waals surface area contributed by atoms with E-state index in [4.69, 9.17) is 9.15 Å². The van der Waals surface area contributed by atoms with Crippen molar-refractivity contribution >= 4 is 15.9 Å². The number of aromatic nitrogens is 2. The van der Waals surface area contributed by atoms with E-state index in [0.29, 0.717) is 37.7 Å². The molecule has 2 fully saturated rings. The molecule has 4 rings (SSSR count). The molecular weight excluding hydrogens is 408 g/mol. The zero-order valence-corrected chi connectivity index (χ0v) is 17.7. The van der Waals surface area contributed by atoms with Crippen molar-refractivity contribution in [2.45, 2.75) is 43.6 Å². The Morgan fingerprint density at radius 2 is 1.90 bits per heavy atom. The number of benzene rings is 1. The molecule has 2 aliphatic heterocycles. The van der Waals surface area contributed by atoms with E-state index < -0.39 is 15.9 Å². The summed E-state index contributed by atoms with van der Waals surface area (Å²) in [6.45, 7) is 4.34. The van der Waals surface area contributed by atoms with Gasteiger partial charge >= 0.3 is 11.8 Å². The average Bonchev–Trinajstić information content (AvgIpc) is 3.45. The number of hydrogen-bond donors (Lipinski definition) is 1. The molecule has 3 heterocycles. The minimum Gasteiger partial charge on any atom is -0.412 e. The van der Waals surface area contributed by atoms with Crippen LogP contribution >= 0.6 is 0 Å². The van der Waals surface area contributed by atoms with Gasteiger partial charge in [-0.3, -0.25) is 4.79 Å². The maximum absolute atomic E-state index is 12.8. The largest absolute Gasteiger partial charge is 0.412 e. The highest BCUT2D eigenvalue weighted by Crippen LogP contribution is 2.25. The van der Waals surface area contributed by atoms with E-state index in [-0.39, 0.29) is 22.8 Å². The van der Waals surface area contributed by atoms with Crippen molar-refractivity contribution in [2.24, 2.45) is 5.92 Å². The molecule has 0 saturated carbocycles. The maximum Gasteiger partial charge on any atom is 0.308 e. The topological polar surface area (TPSA) is 115 Å². The molecule has 162 valence electrons. The molecule has 2 aromatic rings. The summed E-state index contributed by atoms with van der Waals surface area (Å²) in [5.74, 6) is 0.117. The van der Waals surface area contributed by atoms with Gasteiger partial charge < -0.3 is 14.5 Å². The summed E-state index contributed by atoms with van der Waals surface area (Å²) < 4.78 is 38.1. The first-order valence-electron chi connectivity index (χ1n) is 10.3. The van der Waals surface area contributed by atoms with Crippen molar-refractivity contribution in [1.29, 1.82) is 0 Å². The molecule has 10 heteroatoms. The smallest absolute Gasteiger partial charge is 0.308 e. The van der Waals surface area contributed by atoms with Gasteiger partial charge in [-0.05, 0) is 55.9 Å². The molecule has 1 N–H and O–H groups in total. The van der Waals surface area contributed by atoms with Gasteiger partial charge in [0.15, 0.2) is 0 Å². The van der Waals surface area contributed by atoms with Crippen LogP contribution in [0.5, 0.6) is 0 Å². The summed E-state index contributed by atoms with van der Waals surface area (Å²) in [5.41, 5.74) is 0.548. The van der Waals surface area contributed by atoms with Crippen LogP contribution in [0.25, 0.3) is 11.5 Å². The van der Waals surface area contributed by atoms with Gasteiger partial charge in [-0.25, -0.2) is 8.42 Å². The van der Waals surface area contributed by atoms with Gasteiger partial charge in [-0.1, -0.05) is 6.92 Å². The highest BCUT2D eigenvalue weighted by molar-refractivity contribution is 7.89. The van der Waals surface area contributed by atoms with Crippen LogP contribution in [-0.4, -0.2) is 61.2 Å². The molecule has 0 aliphatic carbocycles. The van der Waals surface area contributed by atoms with E-state index in [1.807, 2.05) is 0 Å². The normalized spacial score (nSPS) is 21.0. The monoisotopic (exact) mass is 434 g/mol. The van der Waals surface area contributed by atoms with E-state index in [2.05, 4.69) is 22.4 Å². The summed E-state index contributed by atoms with van der Waals surface area (Å²) in [6, 6.07) is 6.29. The predicted molar refractivity (Wildman–Crippen MR) is 108 cm³/mol. The standard InChI is InChI=1S/C20H26N4O5S/c1-14-8-10-24(11-9-14)30(26,27)17-6-4-15(5-7-17)19-22-23-20(29-19)18(25)21-13-16-3-2-12-28-16/h4-7,14,16H,2-3,8-13H2,1H3,(H,21,25)/t16-/m0/s1. The van der Waals surface area contributed by atoms with Crippen LogP contribution in [-0.2, 0) is 14.8 Å². The number of carbonyl (C=O) groups is 1. The lowest BCUT2D eigenvalue weighted by molar-refractivity contribution is 0.0830. The maximum atomic E-state index is 12.8. The fourth-order valence-corrected chi connectivity index (χ4v) is 5.13. The van der Waals surface area contributed by atoms with Gasteiger partial charge in [0.1, 0.15) is 0 Å². The first-order chi connectivity index (χ1) is 14.4. The molecular formula is C20H26N4O5S. The number of carbonyl (C=O) groups excluding carboxylic acids is 1. The number of hydrogen-bond acceptors (Lipinski definition) is 7. The van der Waals surface area contributed by atoms with E-state index in [9.17, 15) is 13.2 Å². The molecule has 0 radical (unpaired) electrons. The van der Waals surface area contributed by atoms with Gasteiger partial charge in [-0.15, -0.1) is 10.2 Å². The molecule has 1 aromatic carbocycles. The SMILES string of the molecule is CC1CCN(S(=O)(=O)c2ccc(-c3nnc(C(=O)NC[C@@H]4CCCO4)o3)cc2)CC1. The van der Waals surface area contributed by atoms with E-state index in [1.54, 1.807) is 12.1 Å². The number of nitrogens with one attached hydrogen (secondary N) is 1. The number of amides is 1. The minimum atomic E-state index is -3.52. The molecule has 1 aromatic heterocycles. The van der Waals surface area contributed by atoms with Gasteiger partial charge in [-0.2, -0.15) is 4.31 Å². The third-order valence-corrected chi connectivity index (χ3v) is 7.53. The third kappa shape index (κ3) is 4.55. The quantitative estimate of drug-likeness (QED) is 0.740. The Balaban J connectivity index is 1.41. The molecule has 9 nitrogen and oxygen atoms in total. The molecule has 2 saturated heterocycles. The third-order valence-electron chi connectivity index (χ3n) is 5.62. The second-order valence-corrected chi connectivity index (χ2v) is 9.81. The highest BCUT2D eigenvalue weighted by atomic mass is 32.2. The number of piperidine rings is 1.